The molecule has 1 aromatic heterocycles. The first-order valence-corrected chi connectivity index (χ1v) is 7.33. The fourth-order valence-electron chi connectivity index (χ4n) is 1.61. The molecule has 2 N–H and O–H groups in total. The Morgan fingerprint density at radius 1 is 1.18 bits per heavy atom. The molecule has 6 nitrogen and oxygen atoms in total. The Morgan fingerprint density at radius 3 is 2.73 bits per heavy atom. The number of halogens is 1. The summed E-state index contributed by atoms with van der Waals surface area (Å²) in [4.78, 5) is 23.3. The van der Waals surface area contributed by atoms with Crippen LogP contribution >= 0.6 is 15.9 Å². The number of rotatable bonds is 6. The van der Waals surface area contributed by atoms with Gasteiger partial charge >= 0.3 is 0 Å². The highest BCUT2D eigenvalue weighted by molar-refractivity contribution is 9.10. The van der Waals surface area contributed by atoms with Gasteiger partial charge in [-0.15, -0.1) is 0 Å². The van der Waals surface area contributed by atoms with Gasteiger partial charge in [0, 0.05) is 23.0 Å². The van der Waals surface area contributed by atoms with E-state index < -0.39 is 0 Å². The summed E-state index contributed by atoms with van der Waals surface area (Å²) in [6, 6.07) is 10.7. The lowest BCUT2D eigenvalue weighted by Crippen LogP contribution is -2.20. The van der Waals surface area contributed by atoms with Gasteiger partial charge in [-0.2, -0.15) is 5.10 Å². The Bertz CT molecular complexity index is 668. The second-order valence-electron chi connectivity index (χ2n) is 4.37. The molecule has 0 atom stereocenters. The number of benzene rings is 1. The van der Waals surface area contributed by atoms with Crippen LogP contribution in [-0.4, -0.2) is 18.0 Å². The third kappa shape index (κ3) is 5.53. The van der Waals surface area contributed by atoms with Crippen LogP contribution in [0.2, 0.25) is 0 Å². The van der Waals surface area contributed by atoms with Gasteiger partial charge in [0.25, 0.3) is 0 Å². The predicted molar refractivity (Wildman–Crippen MR) is 86.5 cm³/mol. The molecule has 7 heteroatoms. The standard InChI is InChI=1S/C15H14BrN3O3/c16-11-3-1-4-12(9-11)18-14(20)6-7-15(21)19-17-10-13-5-2-8-22-13/h1-5,8-10H,6-7H2,(H,18,20)(H,19,21)/b17-10+. The lowest BCUT2D eigenvalue weighted by atomic mass is 10.2. The lowest BCUT2D eigenvalue weighted by Gasteiger charge is -2.05. The third-order valence-corrected chi connectivity index (χ3v) is 3.10. The average molecular weight is 364 g/mol. The van der Waals surface area contributed by atoms with Crippen LogP contribution in [0.5, 0.6) is 0 Å². The molecular weight excluding hydrogens is 350 g/mol. The fourth-order valence-corrected chi connectivity index (χ4v) is 2.00. The van der Waals surface area contributed by atoms with Gasteiger partial charge in [-0.1, -0.05) is 22.0 Å². The van der Waals surface area contributed by atoms with E-state index in [0.717, 1.165) is 4.47 Å². The summed E-state index contributed by atoms with van der Waals surface area (Å²) in [5.74, 6) is -0.0387. The van der Waals surface area contributed by atoms with Crippen molar-refractivity contribution >= 4 is 39.6 Å². The maximum Gasteiger partial charge on any atom is 0.240 e. The number of anilines is 1. The van der Waals surface area contributed by atoms with Crippen LogP contribution < -0.4 is 10.7 Å². The smallest absolute Gasteiger partial charge is 0.240 e. The molecule has 0 saturated heterocycles. The van der Waals surface area contributed by atoms with Crippen molar-refractivity contribution in [2.24, 2.45) is 5.10 Å². The van der Waals surface area contributed by atoms with Gasteiger partial charge in [0.2, 0.25) is 11.8 Å². The van der Waals surface area contributed by atoms with Gasteiger partial charge in [-0.3, -0.25) is 9.59 Å². The average Bonchev–Trinajstić information content (AvgIpc) is 2.98. The van der Waals surface area contributed by atoms with Gasteiger partial charge < -0.3 is 9.73 Å². The molecule has 22 heavy (non-hydrogen) atoms. The van der Waals surface area contributed by atoms with E-state index in [0.29, 0.717) is 11.4 Å². The molecule has 1 heterocycles. The fraction of sp³-hybridized carbons (Fsp3) is 0.133. The van der Waals surface area contributed by atoms with Crippen molar-refractivity contribution in [1.29, 1.82) is 0 Å². The van der Waals surface area contributed by atoms with Crippen molar-refractivity contribution in [3.63, 3.8) is 0 Å². The van der Waals surface area contributed by atoms with E-state index in [1.54, 1.807) is 24.3 Å². The van der Waals surface area contributed by atoms with Gasteiger partial charge in [0.15, 0.2) is 0 Å². The van der Waals surface area contributed by atoms with Crippen molar-refractivity contribution < 1.29 is 14.0 Å². The first-order valence-electron chi connectivity index (χ1n) is 6.54. The summed E-state index contributed by atoms with van der Waals surface area (Å²) in [5.41, 5.74) is 3.01. The monoisotopic (exact) mass is 363 g/mol. The summed E-state index contributed by atoms with van der Waals surface area (Å²) >= 11 is 3.32. The minimum atomic E-state index is -0.341. The highest BCUT2D eigenvalue weighted by atomic mass is 79.9. The normalized spacial score (nSPS) is 10.6. The van der Waals surface area contributed by atoms with Crippen LogP contribution in [0.25, 0.3) is 0 Å². The minimum Gasteiger partial charge on any atom is -0.463 e. The van der Waals surface area contributed by atoms with Crippen LogP contribution in [0.1, 0.15) is 18.6 Å². The Balaban J connectivity index is 1.70. The largest absolute Gasteiger partial charge is 0.463 e. The summed E-state index contributed by atoms with van der Waals surface area (Å²) in [6.07, 6.45) is 3.03. The van der Waals surface area contributed by atoms with Crippen LogP contribution in [0.15, 0.2) is 56.7 Å². The Hall–Kier alpha value is -2.41. The second kappa shape index (κ2) is 8.14. The van der Waals surface area contributed by atoms with E-state index >= 15 is 0 Å². The molecule has 0 aliphatic rings. The highest BCUT2D eigenvalue weighted by Crippen LogP contribution is 2.15. The van der Waals surface area contributed by atoms with Crippen LogP contribution in [0.4, 0.5) is 5.69 Å². The molecule has 0 unspecified atom stereocenters. The quantitative estimate of drug-likeness (QED) is 0.611. The number of furan rings is 1. The Morgan fingerprint density at radius 2 is 2.00 bits per heavy atom. The Labute approximate surface area is 135 Å². The summed E-state index contributed by atoms with van der Waals surface area (Å²) in [6.45, 7) is 0. The second-order valence-corrected chi connectivity index (χ2v) is 5.28. The molecule has 0 aliphatic carbocycles. The molecule has 0 spiro atoms. The van der Waals surface area contributed by atoms with Crippen molar-refractivity contribution in [3.05, 3.63) is 52.9 Å². The predicted octanol–water partition coefficient (Wildman–Crippen LogP) is 2.91. The molecule has 114 valence electrons. The first kappa shape index (κ1) is 16.0. The molecule has 2 rings (SSSR count). The molecule has 0 saturated carbocycles. The van der Waals surface area contributed by atoms with Crippen LogP contribution in [0, 0.1) is 0 Å². The topological polar surface area (TPSA) is 83.7 Å². The van der Waals surface area contributed by atoms with Crippen molar-refractivity contribution in [1.82, 2.24) is 5.43 Å². The third-order valence-electron chi connectivity index (χ3n) is 2.61. The van der Waals surface area contributed by atoms with Gasteiger partial charge in [0.05, 0.1) is 12.5 Å². The SMILES string of the molecule is O=C(CCC(=O)Nc1cccc(Br)c1)N/N=C/c1ccco1. The van der Waals surface area contributed by atoms with Crippen molar-refractivity contribution in [3.8, 4) is 0 Å². The zero-order valence-electron chi connectivity index (χ0n) is 11.6. The van der Waals surface area contributed by atoms with Crippen LogP contribution in [-0.2, 0) is 9.59 Å². The minimum absolute atomic E-state index is 0.0509. The van der Waals surface area contributed by atoms with Gasteiger partial charge in [-0.25, -0.2) is 5.43 Å². The molecule has 0 bridgehead atoms. The van der Waals surface area contributed by atoms with E-state index in [4.69, 9.17) is 4.42 Å². The molecule has 2 amide bonds. The zero-order valence-corrected chi connectivity index (χ0v) is 13.2. The van der Waals surface area contributed by atoms with Crippen LogP contribution in [0.3, 0.4) is 0 Å². The number of nitrogens with zero attached hydrogens (tertiary/aromatic N) is 1. The zero-order chi connectivity index (χ0) is 15.8. The number of nitrogens with one attached hydrogen (secondary N) is 2. The van der Waals surface area contributed by atoms with E-state index in [1.165, 1.54) is 12.5 Å². The molecule has 0 radical (unpaired) electrons. The molecular formula is C15H14BrN3O3. The number of hydrazone groups is 1. The van der Waals surface area contributed by atoms with E-state index in [9.17, 15) is 9.59 Å². The lowest BCUT2D eigenvalue weighted by molar-refractivity contribution is -0.124. The summed E-state index contributed by atoms with van der Waals surface area (Å²) < 4.78 is 5.89. The summed E-state index contributed by atoms with van der Waals surface area (Å²) in [7, 11) is 0. The number of amides is 2. The number of hydrogen-bond acceptors (Lipinski definition) is 4. The maximum absolute atomic E-state index is 11.7. The molecule has 1 aromatic carbocycles. The number of carbonyl (C=O) groups excluding carboxylic acids is 2. The van der Waals surface area contributed by atoms with E-state index in [1.807, 2.05) is 12.1 Å². The number of carbonyl (C=O) groups is 2. The first-order chi connectivity index (χ1) is 10.6. The summed E-state index contributed by atoms with van der Waals surface area (Å²) in [5, 5.41) is 6.45. The van der Waals surface area contributed by atoms with E-state index in [2.05, 4.69) is 31.8 Å². The van der Waals surface area contributed by atoms with Crippen molar-refractivity contribution in [2.75, 3.05) is 5.32 Å². The molecule has 2 aromatic rings. The van der Waals surface area contributed by atoms with Gasteiger partial charge in [0.1, 0.15) is 5.76 Å². The van der Waals surface area contributed by atoms with Gasteiger partial charge in [-0.05, 0) is 30.3 Å². The van der Waals surface area contributed by atoms with Crippen molar-refractivity contribution in [2.45, 2.75) is 12.8 Å². The van der Waals surface area contributed by atoms with E-state index in [-0.39, 0.29) is 24.7 Å². The highest BCUT2D eigenvalue weighted by Gasteiger charge is 2.07. The maximum atomic E-state index is 11.7. The Kier molecular flexibility index (Phi) is 5.91. The molecule has 0 aliphatic heterocycles. The molecule has 0 fully saturated rings. The number of hydrogen-bond donors (Lipinski definition) is 2.